The van der Waals surface area contributed by atoms with Crippen LogP contribution in [0.15, 0.2) is 4.79 Å². The fourth-order valence-corrected chi connectivity index (χ4v) is 2.06. The number of hydrogen-bond donors (Lipinski definition) is 2. The number of rotatable bonds is 2. The third kappa shape index (κ3) is 1.33. The molecule has 2 heterocycles. The molecule has 2 rings (SSSR count). The Morgan fingerprint density at radius 1 is 1.57 bits per heavy atom. The van der Waals surface area contributed by atoms with Crippen molar-refractivity contribution in [3.63, 3.8) is 0 Å². The molecule has 0 aromatic carbocycles. The summed E-state index contributed by atoms with van der Waals surface area (Å²) in [5.74, 6) is 1.02. The zero-order valence-electron chi connectivity index (χ0n) is 8.42. The summed E-state index contributed by atoms with van der Waals surface area (Å²) < 4.78 is 1.73. The molecule has 0 saturated heterocycles. The molecule has 1 aliphatic rings. The van der Waals surface area contributed by atoms with Gasteiger partial charge in [0.1, 0.15) is 5.82 Å². The average Bonchev–Trinajstić information content (AvgIpc) is 2.45. The number of nitrogens with zero attached hydrogens (tertiary/aromatic N) is 2. The van der Waals surface area contributed by atoms with Gasteiger partial charge < -0.3 is 15.6 Å². The van der Waals surface area contributed by atoms with Gasteiger partial charge in [-0.3, -0.25) is 4.57 Å². The molecule has 0 aliphatic carbocycles. The largest absolute Gasteiger partial charge is 0.359 e. The van der Waals surface area contributed by atoms with E-state index in [9.17, 15) is 4.79 Å². The molecule has 0 fully saturated rings. The van der Waals surface area contributed by atoms with Crippen molar-refractivity contribution >= 4 is 5.82 Å². The van der Waals surface area contributed by atoms with Crippen molar-refractivity contribution in [3.8, 4) is 0 Å². The number of nitrogens with one attached hydrogen (secondary N) is 1. The Hall–Kier alpha value is -1.23. The lowest BCUT2D eigenvalue weighted by Gasteiger charge is -2.25. The Morgan fingerprint density at radius 2 is 2.36 bits per heavy atom. The summed E-state index contributed by atoms with van der Waals surface area (Å²) >= 11 is 0. The van der Waals surface area contributed by atoms with E-state index in [2.05, 4.69) is 9.88 Å². The fourth-order valence-electron chi connectivity index (χ4n) is 2.06. The van der Waals surface area contributed by atoms with Crippen LogP contribution in [0.1, 0.15) is 12.1 Å². The first-order valence-corrected chi connectivity index (χ1v) is 4.97. The Bertz CT molecular complexity index is 379. The fraction of sp³-hybridized carbons (Fsp3) is 0.667. The van der Waals surface area contributed by atoms with Gasteiger partial charge in [0.25, 0.3) is 0 Å². The van der Waals surface area contributed by atoms with E-state index in [1.807, 2.05) is 7.05 Å². The third-order valence-corrected chi connectivity index (χ3v) is 2.66. The lowest BCUT2D eigenvalue weighted by Crippen LogP contribution is -2.30. The normalized spacial score (nSPS) is 15.7. The molecule has 0 unspecified atom stereocenters. The summed E-state index contributed by atoms with van der Waals surface area (Å²) in [5.41, 5.74) is 6.49. The number of anilines is 1. The average molecular weight is 196 g/mol. The predicted octanol–water partition coefficient (Wildman–Crippen LogP) is -0.482. The van der Waals surface area contributed by atoms with Gasteiger partial charge in [-0.2, -0.15) is 0 Å². The van der Waals surface area contributed by atoms with Crippen LogP contribution in [0.25, 0.3) is 0 Å². The third-order valence-electron chi connectivity index (χ3n) is 2.66. The van der Waals surface area contributed by atoms with Crippen LogP contribution >= 0.6 is 0 Å². The minimum atomic E-state index is -0.0331. The number of imidazole rings is 1. The van der Waals surface area contributed by atoms with E-state index in [1.165, 1.54) is 0 Å². The summed E-state index contributed by atoms with van der Waals surface area (Å²) in [5, 5.41) is 0. The first-order valence-electron chi connectivity index (χ1n) is 4.97. The highest BCUT2D eigenvalue weighted by Gasteiger charge is 2.20. The maximum atomic E-state index is 11.6. The molecule has 0 atom stereocenters. The van der Waals surface area contributed by atoms with Gasteiger partial charge in [0.15, 0.2) is 0 Å². The highest BCUT2D eigenvalue weighted by molar-refractivity contribution is 5.46. The molecular formula is C9H16N4O. The molecule has 3 N–H and O–H groups in total. The summed E-state index contributed by atoms with van der Waals surface area (Å²) in [7, 11) is 2.01. The molecule has 5 heteroatoms. The van der Waals surface area contributed by atoms with Crippen LogP contribution in [0.2, 0.25) is 0 Å². The van der Waals surface area contributed by atoms with Crippen LogP contribution in [0, 0.1) is 0 Å². The molecule has 0 spiro atoms. The van der Waals surface area contributed by atoms with Crippen LogP contribution in [0.5, 0.6) is 0 Å². The Kier molecular flexibility index (Phi) is 2.33. The van der Waals surface area contributed by atoms with E-state index in [4.69, 9.17) is 5.73 Å². The number of aromatic amines is 1. The van der Waals surface area contributed by atoms with Gasteiger partial charge in [-0.15, -0.1) is 0 Å². The maximum Gasteiger partial charge on any atom is 0.327 e. The molecule has 0 amide bonds. The lowest BCUT2D eigenvalue weighted by atomic mass is 10.1. The van der Waals surface area contributed by atoms with Crippen molar-refractivity contribution in [1.82, 2.24) is 9.55 Å². The van der Waals surface area contributed by atoms with Crippen molar-refractivity contribution < 1.29 is 0 Å². The van der Waals surface area contributed by atoms with Gasteiger partial charge in [-0.25, -0.2) is 4.79 Å². The van der Waals surface area contributed by atoms with E-state index in [-0.39, 0.29) is 5.69 Å². The van der Waals surface area contributed by atoms with Crippen LogP contribution < -0.4 is 16.3 Å². The van der Waals surface area contributed by atoms with E-state index >= 15 is 0 Å². The SMILES string of the molecule is CN1CCCc2[nH]c(=O)n(CCN)c21. The van der Waals surface area contributed by atoms with Crippen molar-refractivity contribution in [2.75, 3.05) is 25.0 Å². The molecule has 14 heavy (non-hydrogen) atoms. The van der Waals surface area contributed by atoms with E-state index < -0.39 is 0 Å². The minimum Gasteiger partial charge on any atom is -0.359 e. The lowest BCUT2D eigenvalue weighted by molar-refractivity contribution is 0.650. The van der Waals surface area contributed by atoms with Crippen molar-refractivity contribution in [2.45, 2.75) is 19.4 Å². The Balaban J connectivity index is 2.48. The second kappa shape index (κ2) is 3.49. The molecule has 0 saturated carbocycles. The predicted molar refractivity (Wildman–Crippen MR) is 55.7 cm³/mol. The topological polar surface area (TPSA) is 67.0 Å². The zero-order chi connectivity index (χ0) is 10.1. The molecule has 1 aliphatic heterocycles. The minimum absolute atomic E-state index is 0.0331. The second-order valence-electron chi connectivity index (χ2n) is 3.70. The van der Waals surface area contributed by atoms with Gasteiger partial charge in [0, 0.05) is 26.7 Å². The molecule has 78 valence electrons. The quantitative estimate of drug-likeness (QED) is 0.671. The Morgan fingerprint density at radius 3 is 3.07 bits per heavy atom. The number of nitrogens with two attached hydrogens (primary N) is 1. The summed E-state index contributed by atoms with van der Waals surface area (Å²) in [4.78, 5) is 16.6. The van der Waals surface area contributed by atoms with Gasteiger partial charge >= 0.3 is 5.69 Å². The highest BCUT2D eigenvalue weighted by atomic mass is 16.1. The number of aromatic nitrogens is 2. The molecular weight excluding hydrogens is 180 g/mol. The molecule has 5 nitrogen and oxygen atoms in total. The number of H-pyrrole nitrogens is 1. The summed E-state index contributed by atoms with van der Waals surface area (Å²) in [6.45, 7) is 2.10. The Labute approximate surface area is 82.5 Å². The molecule has 0 radical (unpaired) electrons. The van der Waals surface area contributed by atoms with Gasteiger partial charge in [0.2, 0.25) is 0 Å². The maximum absolute atomic E-state index is 11.6. The number of hydrogen-bond acceptors (Lipinski definition) is 3. The van der Waals surface area contributed by atoms with E-state index in [0.29, 0.717) is 13.1 Å². The first kappa shape index (κ1) is 9.33. The van der Waals surface area contributed by atoms with Crippen LogP contribution in [-0.4, -0.2) is 29.7 Å². The number of aryl methyl sites for hydroxylation is 1. The number of fused-ring (bicyclic) bond motifs is 1. The standard InChI is InChI=1S/C9H16N4O/c1-12-5-2-3-7-8(12)13(6-4-10)9(14)11-7/h2-6,10H2,1H3,(H,11,14). The van der Waals surface area contributed by atoms with Crippen LogP contribution in [0.3, 0.4) is 0 Å². The van der Waals surface area contributed by atoms with Crippen molar-refractivity contribution in [3.05, 3.63) is 16.2 Å². The smallest absolute Gasteiger partial charge is 0.327 e. The van der Waals surface area contributed by atoms with Crippen molar-refractivity contribution in [1.29, 1.82) is 0 Å². The summed E-state index contributed by atoms with van der Waals surface area (Å²) in [6, 6.07) is 0. The van der Waals surface area contributed by atoms with Gasteiger partial charge in [-0.1, -0.05) is 0 Å². The van der Waals surface area contributed by atoms with E-state index in [0.717, 1.165) is 30.9 Å². The molecule has 0 bridgehead atoms. The van der Waals surface area contributed by atoms with Crippen molar-refractivity contribution in [2.24, 2.45) is 5.73 Å². The van der Waals surface area contributed by atoms with Gasteiger partial charge in [0.05, 0.1) is 5.69 Å². The van der Waals surface area contributed by atoms with Gasteiger partial charge in [-0.05, 0) is 12.8 Å². The monoisotopic (exact) mass is 196 g/mol. The second-order valence-corrected chi connectivity index (χ2v) is 3.70. The summed E-state index contributed by atoms with van der Waals surface area (Å²) in [6.07, 6.45) is 2.07. The zero-order valence-corrected chi connectivity index (χ0v) is 8.42. The molecule has 1 aromatic heterocycles. The first-order chi connectivity index (χ1) is 6.74. The highest BCUT2D eigenvalue weighted by Crippen LogP contribution is 2.22. The van der Waals surface area contributed by atoms with Crippen LogP contribution in [0.4, 0.5) is 5.82 Å². The van der Waals surface area contributed by atoms with E-state index in [1.54, 1.807) is 4.57 Å². The van der Waals surface area contributed by atoms with Crippen LogP contribution in [-0.2, 0) is 13.0 Å². The molecule has 1 aromatic rings.